The molecule has 4 heterocycles. The summed E-state index contributed by atoms with van der Waals surface area (Å²) in [6.07, 6.45) is 3.64. The molecule has 3 saturated heterocycles. The molecule has 1 aromatic rings. The molecule has 1 N–H and O–H groups in total. The number of aromatic nitrogens is 2. The van der Waals surface area contributed by atoms with Gasteiger partial charge in [-0.25, -0.2) is 0 Å². The van der Waals surface area contributed by atoms with E-state index in [9.17, 15) is 14.7 Å². The summed E-state index contributed by atoms with van der Waals surface area (Å²) in [4.78, 5) is 28.8. The van der Waals surface area contributed by atoms with Gasteiger partial charge in [0.1, 0.15) is 11.1 Å². The van der Waals surface area contributed by atoms with Crippen molar-refractivity contribution >= 4 is 11.9 Å². The summed E-state index contributed by atoms with van der Waals surface area (Å²) >= 11 is 0. The molecular weight excluding hydrogens is 324 g/mol. The standard InChI is InChI=1S/C17H24N4O4/c1-19-5-2-14(18-19)15(22)21-9-12-8-20(13-3-6-25-7-4-13)10-17(12,11-21)16(23)24/h2,5,12-13H,3-4,6-11H2,1H3,(H,23,24)/t12-,17-/m1/s1. The number of hydrogen-bond acceptors (Lipinski definition) is 5. The van der Waals surface area contributed by atoms with Crippen molar-refractivity contribution < 1.29 is 19.4 Å². The molecule has 1 aromatic heterocycles. The average Bonchev–Trinajstić information content (AvgIpc) is 3.27. The molecule has 3 aliphatic heterocycles. The maximum atomic E-state index is 12.7. The minimum Gasteiger partial charge on any atom is -0.481 e. The molecule has 3 fully saturated rings. The van der Waals surface area contributed by atoms with Gasteiger partial charge in [-0.3, -0.25) is 19.2 Å². The number of likely N-dealkylation sites (tertiary alicyclic amines) is 2. The summed E-state index contributed by atoms with van der Waals surface area (Å²) < 4.78 is 7.01. The largest absolute Gasteiger partial charge is 0.481 e. The highest BCUT2D eigenvalue weighted by atomic mass is 16.5. The topological polar surface area (TPSA) is 87.9 Å². The monoisotopic (exact) mass is 348 g/mol. The normalized spacial score (nSPS) is 30.6. The van der Waals surface area contributed by atoms with Gasteiger partial charge < -0.3 is 14.7 Å². The molecule has 0 bridgehead atoms. The van der Waals surface area contributed by atoms with Crippen LogP contribution in [0.5, 0.6) is 0 Å². The van der Waals surface area contributed by atoms with E-state index in [1.807, 2.05) is 0 Å². The molecule has 136 valence electrons. The molecule has 8 heteroatoms. The van der Waals surface area contributed by atoms with E-state index in [0.717, 1.165) is 32.6 Å². The summed E-state index contributed by atoms with van der Waals surface area (Å²) in [6, 6.07) is 2.08. The Morgan fingerprint density at radius 1 is 1.28 bits per heavy atom. The van der Waals surface area contributed by atoms with Crippen LogP contribution in [0, 0.1) is 11.3 Å². The molecule has 3 aliphatic rings. The molecule has 0 aliphatic carbocycles. The Labute approximate surface area is 146 Å². The molecule has 25 heavy (non-hydrogen) atoms. The number of carboxylic acid groups (broad SMARTS) is 1. The highest BCUT2D eigenvalue weighted by Crippen LogP contribution is 2.44. The minimum atomic E-state index is -0.858. The third-order valence-corrected chi connectivity index (χ3v) is 5.99. The van der Waals surface area contributed by atoms with Gasteiger partial charge in [-0.05, 0) is 18.9 Å². The van der Waals surface area contributed by atoms with E-state index in [1.165, 1.54) is 0 Å². The van der Waals surface area contributed by atoms with Crippen molar-refractivity contribution in [2.45, 2.75) is 18.9 Å². The van der Waals surface area contributed by atoms with Gasteiger partial charge in [0.05, 0.1) is 0 Å². The number of aliphatic carboxylic acids is 1. The molecule has 0 spiro atoms. The van der Waals surface area contributed by atoms with E-state index in [2.05, 4.69) is 10.00 Å². The van der Waals surface area contributed by atoms with Crippen molar-refractivity contribution in [2.75, 3.05) is 39.4 Å². The van der Waals surface area contributed by atoms with Gasteiger partial charge >= 0.3 is 5.97 Å². The van der Waals surface area contributed by atoms with E-state index >= 15 is 0 Å². The summed E-state index contributed by atoms with van der Waals surface area (Å²) in [7, 11) is 1.76. The molecule has 2 atom stereocenters. The van der Waals surface area contributed by atoms with Crippen molar-refractivity contribution in [3.8, 4) is 0 Å². The molecule has 0 unspecified atom stereocenters. The van der Waals surface area contributed by atoms with Crippen LogP contribution in [-0.4, -0.2) is 82.0 Å². The molecule has 0 saturated carbocycles. The van der Waals surface area contributed by atoms with E-state index in [4.69, 9.17) is 4.74 Å². The summed E-state index contributed by atoms with van der Waals surface area (Å²) in [5.41, 5.74) is -0.479. The van der Waals surface area contributed by atoms with Crippen molar-refractivity contribution in [1.29, 1.82) is 0 Å². The lowest BCUT2D eigenvalue weighted by atomic mass is 9.81. The fourth-order valence-corrected chi connectivity index (χ4v) is 4.58. The number of carbonyl (C=O) groups is 2. The van der Waals surface area contributed by atoms with E-state index in [0.29, 0.717) is 24.8 Å². The van der Waals surface area contributed by atoms with Crippen molar-refractivity contribution in [2.24, 2.45) is 18.4 Å². The number of aryl methyl sites for hydroxylation is 1. The summed E-state index contributed by atoms with van der Waals surface area (Å²) in [6.45, 7) is 3.50. The van der Waals surface area contributed by atoms with Gasteiger partial charge in [-0.15, -0.1) is 0 Å². The van der Waals surface area contributed by atoms with Crippen LogP contribution in [0.15, 0.2) is 12.3 Å². The second-order valence-corrected chi connectivity index (χ2v) is 7.49. The first-order valence-electron chi connectivity index (χ1n) is 8.84. The first-order valence-corrected chi connectivity index (χ1v) is 8.84. The fraction of sp³-hybridized carbons (Fsp3) is 0.706. The lowest BCUT2D eigenvalue weighted by Crippen LogP contribution is -2.45. The first kappa shape index (κ1) is 16.5. The maximum Gasteiger partial charge on any atom is 0.313 e. The van der Waals surface area contributed by atoms with Crippen LogP contribution >= 0.6 is 0 Å². The molecule has 0 aromatic carbocycles. The highest BCUT2D eigenvalue weighted by molar-refractivity contribution is 5.93. The molecule has 4 rings (SSSR count). The Bertz CT molecular complexity index is 684. The lowest BCUT2D eigenvalue weighted by Gasteiger charge is -2.33. The Morgan fingerprint density at radius 3 is 2.64 bits per heavy atom. The van der Waals surface area contributed by atoms with Gasteiger partial charge in [0, 0.05) is 64.6 Å². The second kappa shape index (κ2) is 6.10. The Kier molecular flexibility index (Phi) is 4.04. The van der Waals surface area contributed by atoms with Gasteiger partial charge in [0.2, 0.25) is 0 Å². The van der Waals surface area contributed by atoms with E-state index < -0.39 is 11.4 Å². The molecule has 1 amide bonds. The highest BCUT2D eigenvalue weighted by Gasteiger charge is 2.59. The quantitative estimate of drug-likeness (QED) is 0.831. The molecular formula is C17H24N4O4. The van der Waals surface area contributed by atoms with Crippen LogP contribution in [0.2, 0.25) is 0 Å². The number of rotatable bonds is 3. The third-order valence-electron chi connectivity index (χ3n) is 5.99. The Morgan fingerprint density at radius 2 is 2.04 bits per heavy atom. The lowest BCUT2D eigenvalue weighted by molar-refractivity contribution is -0.148. The second-order valence-electron chi connectivity index (χ2n) is 7.49. The van der Waals surface area contributed by atoms with Crippen molar-refractivity contribution in [1.82, 2.24) is 19.6 Å². The number of ether oxygens (including phenoxy) is 1. The third kappa shape index (κ3) is 2.73. The maximum absolute atomic E-state index is 12.7. The van der Waals surface area contributed by atoms with Gasteiger partial charge in [0.15, 0.2) is 0 Å². The van der Waals surface area contributed by atoms with E-state index in [1.54, 1.807) is 28.9 Å². The Hall–Kier alpha value is -1.93. The van der Waals surface area contributed by atoms with Crippen molar-refractivity contribution in [3.63, 3.8) is 0 Å². The molecule has 0 radical (unpaired) electrons. The zero-order valence-corrected chi connectivity index (χ0v) is 14.4. The first-order chi connectivity index (χ1) is 12.0. The van der Waals surface area contributed by atoms with Crippen LogP contribution in [0.4, 0.5) is 0 Å². The number of hydrogen-bond donors (Lipinski definition) is 1. The van der Waals surface area contributed by atoms with Crippen LogP contribution < -0.4 is 0 Å². The van der Waals surface area contributed by atoms with Crippen LogP contribution in [0.25, 0.3) is 0 Å². The zero-order chi connectivity index (χ0) is 17.6. The predicted molar refractivity (Wildman–Crippen MR) is 88.1 cm³/mol. The van der Waals surface area contributed by atoms with Gasteiger partial charge in [0.25, 0.3) is 5.91 Å². The SMILES string of the molecule is Cn1ccc(C(=O)N2C[C@H]3CN(C4CCOCC4)C[C@@]3(C(=O)O)C2)n1. The van der Waals surface area contributed by atoms with Crippen LogP contribution in [0.1, 0.15) is 23.3 Å². The summed E-state index contributed by atoms with van der Waals surface area (Å²) in [5.74, 6) is -0.989. The number of fused-ring (bicyclic) bond motifs is 1. The number of nitrogens with zero attached hydrogens (tertiary/aromatic N) is 4. The van der Waals surface area contributed by atoms with Gasteiger partial charge in [-0.1, -0.05) is 0 Å². The zero-order valence-electron chi connectivity index (χ0n) is 14.4. The van der Waals surface area contributed by atoms with E-state index in [-0.39, 0.29) is 18.4 Å². The van der Waals surface area contributed by atoms with Crippen molar-refractivity contribution in [3.05, 3.63) is 18.0 Å². The van der Waals surface area contributed by atoms with Crippen LogP contribution in [-0.2, 0) is 16.6 Å². The predicted octanol–water partition coefficient (Wildman–Crippen LogP) is 0.0577. The number of amides is 1. The average molecular weight is 348 g/mol. The smallest absolute Gasteiger partial charge is 0.313 e. The van der Waals surface area contributed by atoms with Crippen LogP contribution in [0.3, 0.4) is 0 Å². The summed E-state index contributed by atoms with van der Waals surface area (Å²) in [5, 5.41) is 14.1. The number of carboxylic acids is 1. The Balaban J connectivity index is 1.51. The minimum absolute atomic E-state index is 0.0273. The van der Waals surface area contributed by atoms with Gasteiger partial charge in [-0.2, -0.15) is 5.10 Å². The number of carbonyl (C=O) groups excluding carboxylic acids is 1. The molecule has 8 nitrogen and oxygen atoms in total. The fourth-order valence-electron chi connectivity index (χ4n) is 4.58.